The molecule has 0 bridgehead atoms. The summed E-state index contributed by atoms with van der Waals surface area (Å²) >= 11 is 0. The molecule has 1 rings (SSSR count). The predicted molar refractivity (Wildman–Crippen MR) is 68.6 cm³/mol. The highest BCUT2D eigenvalue weighted by molar-refractivity contribution is 5.45. The number of hydrogen-bond donors (Lipinski definition) is 0. The van der Waals surface area contributed by atoms with Gasteiger partial charge in [-0.15, -0.1) is 6.42 Å². The molecule has 16 heavy (non-hydrogen) atoms. The Labute approximate surface area is 98.8 Å². The van der Waals surface area contributed by atoms with E-state index in [9.17, 15) is 0 Å². The van der Waals surface area contributed by atoms with Gasteiger partial charge in [-0.05, 0) is 18.4 Å². The number of terminal acetylenes is 1. The molecule has 0 fully saturated rings. The molecule has 0 saturated heterocycles. The van der Waals surface area contributed by atoms with Crippen LogP contribution in [0.3, 0.4) is 0 Å². The van der Waals surface area contributed by atoms with Crippen molar-refractivity contribution in [3.8, 4) is 18.1 Å². The predicted octanol–water partition coefficient (Wildman–Crippen LogP) is 3.63. The molecular formula is C15H20O. The van der Waals surface area contributed by atoms with Crippen molar-refractivity contribution in [2.24, 2.45) is 5.41 Å². The van der Waals surface area contributed by atoms with Crippen LogP contribution in [-0.2, 0) is 5.41 Å². The summed E-state index contributed by atoms with van der Waals surface area (Å²) < 4.78 is 5.39. The van der Waals surface area contributed by atoms with E-state index in [2.05, 4.69) is 33.6 Å². The molecule has 0 N–H and O–H groups in total. The van der Waals surface area contributed by atoms with Gasteiger partial charge < -0.3 is 4.74 Å². The van der Waals surface area contributed by atoms with Crippen molar-refractivity contribution in [3.05, 3.63) is 29.8 Å². The summed E-state index contributed by atoms with van der Waals surface area (Å²) in [5, 5.41) is 0. The maximum Gasteiger partial charge on any atom is 0.123 e. The van der Waals surface area contributed by atoms with Crippen LogP contribution in [0, 0.1) is 17.8 Å². The fourth-order valence-electron chi connectivity index (χ4n) is 1.76. The van der Waals surface area contributed by atoms with Gasteiger partial charge in [0.2, 0.25) is 0 Å². The zero-order valence-electron chi connectivity index (χ0n) is 10.8. The third-order valence-corrected chi connectivity index (χ3v) is 3.43. The van der Waals surface area contributed by atoms with Crippen LogP contribution in [0.1, 0.15) is 33.3 Å². The minimum Gasteiger partial charge on any atom is -0.496 e. The molecule has 0 aliphatic carbocycles. The highest BCUT2D eigenvalue weighted by atomic mass is 16.5. The van der Waals surface area contributed by atoms with Gasteiger partial charge in [0.05, 0.1) is 12.5 Å². The van der Waals surface area contributed by atoms with Crippen molar-refractivity contribution in [2.75, 3.05) is 7.11 Å². The van der Waals surface area contributed by atoms with Gasteiger partial charge in [0.25, 0.3) is 0 Å². The van der Waals surface area contributed by atoms with E-state index in [1.165, 1.54) is 0 Å². The summed E-state index contributed by atoms with van der Waals surface area (Å²) in [5.74, 6) is 3.79. The average Bonchev–Trinajstić information content (AvgIpc) is 2.26. The molecule has 0 heterocycles. The number of para-hydroxylation sites is 1. The largest absolute Gasteiger partial charge is 0.496 e. The van der Waals surface area contributed by atoms with Crippen molar-refractivity contribution >= 4 is 0 Å². The first-order valence-corrected chi connectivity index (χ1v) is 5.48. The summed E-state index contributed by atoms with van der Waals surface area (Å²) in [7, 11) is 1.68. The lowest BCUT2D eigenvalue weighted by Crippen LogP contribution is -2.36. The van der Waals surface area contributed by atoms with Crippen LogP contribution in [0.15, 0.2) is 24.3 Å². The number of ether oxygens (including phenoxy) is 1. The maximum absolute atomic E-state index is 5.74. The second kappa shape index (κ2) is 4.22. The summed E-state index contributed by atoms with van der Waals surface area (Å²) in [6.45, 7) is 8.54. The topological polar surface area (TPSA) is 9.23 Å². The van der Waals surface area contributed by atoms with E-state index in [1.54, 1.807) is 7.11 Å². The van der Waals surface area contributed by atoms with Crippen LogP contribution in [0.4, 0.5) is 0 Å². The van der Waals surface area contributed by atoms with Gasteiger partial charge in [0, 0.05) is 5.56 Å². The van der Waals surface area contributed by atoms with Gasteiger partial charge in [0.15, 0.2) is 0 Å². The zero-order valence-corrected chi connectivity index (χ0v) is 10.8. The number of methoxy groups -OCH3 is 1. The Bertz CT molecular complexity index is 406. The molecule has 1 aromatic carbocycles. The minimum atomic E-state index is -0.334. The van der Waals surface area contributed by atoms with Crippen LogP contribution < -0.4 is 4.74 Å². The average molecular weight is 216 g/mol. The quantitative estimate of drug-likeness (QED) is 0.686. The lowest BCUT2D eigenvalue weighted by molar-refractivity contribution is 0.261. The fraction of sp³-hybridized carbons (Fsp3) is 0.467. The molecule has 0 amide bonds. The molecule has 0 aliphatic rings. The van der Waals surface area contributed by atoms with Crippen LogP contribution >= 0.6 is 0 Å². The van der Waals surface area contributed by atoms with Crippen molar-refractivity contribution in [2.45, 2.75) is 33.1 Å². The Morgan fingerprint density at radius 2 is 1.69 bits per heavy atom. The maximum atomic E-state index is 5.74. The summed E-state index contributed by atoms with van der Waals surface area (Å²) in [5.41, 5.74) is 0.725. The third kappa shape index (κ3) is 1.93. The highest BCUT2D eigenvalue weighted by Gasteiger charge is 2.39. The van der Waals surface area contributed by atoms with Crippen LogP contribution in [0.25, 0.3) is 0 Å². The van der Waals surface area contributed by atoms with Gasteiger partial charge in [-0.2, -0.15) is 0 Å². The third-order valence-electron chi connectivity index (χ3n) is 3.43. The smallest absolute Gasteiger partial charge is 0.123 e. The van der Waals surface area contributed by atoms with Gasteiger partial charge >= 0.3 is 0 Å². The molecular weight excluding hydrogens is 196 g/mol. The molecule has 1 aromatic rings. The summed E-state index contributed by atoms with van der Waals surface area (Å²) in [6.07, 6.45) is 5.74. The lowest BCUT2D eigenvalue weighted by Gasteiger charge is -2.38. The van der Waals surface area contributed by atoms with Gasteiger partial charge in [-0.3, -0.25) is 0 Å². The first-order chi connectivity index (χ1) is 7.36. The Morgan fingerprint density at radius 1 is 1.12 bits per heavy atom. The van der Waals surface area contributed by atoms with Crippen molar-refractivity contribution in [1.29, 1.82) is 0 Å². The summed E-state index contributed by atoms with van der Waals surface area (Å²) in [6, 6.07) is 7.96. The van der Waals surface area contributed by atoms with Crippen molar-refractivity contribution < 1.29 is 4.74 Å². The number of rotatable bonds is 2. The summed E-state index contributed by atoms with van der Waals surface area (Å²) in [4.78, 5) is 0. The molecule has 0 spiro atoms. The SMILES string of the molecule is C#CC(C)(c1ccccc1OC)C(C)(C)C. The van der Waals surface area contributed by atoms with Crippen LogP contribution in [-0.4, -0.2) is 7.11 Å². The van der Waals surface area contributed by atoms with Crippen molar-refractivity contribution in [1.82, 2.24) is 0 Å². The van der Waals surface area contributed by atoms with E-state index < -0.39 is 0 Å². The molecule has 1 nitrogen and oxygen atoms in total. The lowest BCUT2D eigenvalue weighted by atomic mass is 9.64. The number of hydrogen-bond acceptors (Lipinski definition) is 1. The molecule has 1 heteroatoms. The van der Waals surface area contributed by atoms with Crippen molar-refractivity contribution in [3.63, 3.8) is 0 Å². The monoisotopic (exact) mass is 216 g/mol. The Hall–Kier alpha value is -1.42. The molecule has 1 unspecified atom stereocenters. The van der Waals surface area contributed by atoms with Gasteiger partial charge in [-0.1, -0.05) is 44.9 Å². The van der Waals surface area contributed by atoms with E-state index in [1.807, 2.05) is 24.3 Å². The first kappa shape index (κ1) is 12.6. The van der Waals surface area contributed by atoms with Crippen LogP contribution in [0.2, 0.25) is 0 Å². The van der Waals surface area contributed by atoms with Gasteiger partial charge in [-0.25, -0.2) is 0 Å². The second-order valence-corrected chi connectivity index (χ2v) is 5.22. The molecule has 0 saturated carbocycles. The fourth-order valence-corrected chi connectivity index (χ4v) is 1.76. The Balaban J connectivity index is 3.41. The molecule has 0 radical (unpaired) electrons. The second-order valence-electron chi connectivity index (χ2n) is 5.22. The normalized spacial score (nSPS) is 15.0. The minimum absolute atomic E-state index is 0.0175. The number of benzene rings is 1. The Morgan fingerprint density at radius 3 is 2.12 bits per heavy atom. The molecule has 0 aliphatic heterocycles. The van der Waals surface area contributed by atoms with E-state index in [0.29, 0.717) is 0 Å². The molecule has 0 aromatic heterocycles. The Kier molecular flexibility index (Phi) is 3.33. The van der Waals surface area contributed by atoms with E-state index >= 15 is 0 Å². The zero-order chi connectivity index (χ0) is 12.4. The molecule has 1 atom stereocenters. The van der Waals surface area contributed by atoms with E-state index in [-0.39, 0.29) is 10.8 Å². The standard InChI is InChI=1S/C15H20O/c1-7-15(5,14(2,3)4)12-10-8-9-11-13(12)16-6/h1,8-11H,2-6H3. The van der Waals surface area contributed by atoms with E-state index in [4.69, 9.17) is 11.2 Å². The first-order valence-electron chi connectivity index (χ1n) is 5.48. The van der Waals surface area contributed by atoms with E-state index in [0.717, 1.165) is 11.3 Å². The van der Waals surface area contributed by atoms with Crippen LogP contribution in [0.5, 0.6) is 5.75 Å². The molecule has 86 valence electrons. The van der Waals surface area contributed by atoms with Gasteiger partial charge in [0.1, 0.15) is 5.75 Å². The highest BCUT2D eigenvalue weighted by Crippen LogP contribution is 2.44.